The van der Waals surface area contributed by atoms with Crippen LogP contribution in [-0.4, -0.2) is 13.8 Å². The number of hydrogen-bond donors (Lipinski definition) is 2. The SMILES string of the molecule is C/C=C\NC.C=C/C(=C\N=C)ON. The first-order valence-electron chi connectivity index (χ1n) is 3.70. The number of nitrogens with zero attached hydrogens (tertiary/aromatic N) is 1. The lowest BCUT2D eigenvalue weighted by molar-refractivity contribution is 0.233. The van der Waals surface area contributed by atoms with Crippen LogP contribution in [0.3, 0.4) is 0 Å². The van der Waals surface area contributed by atoms with Crippen molar-refractivity contribution in [3.8, 4) is 0 Å². The van der Waals surface area contributed by atoms with E-state index in [0.29, 0.717) is 5.76 Å². The molecule has 3 N–H and O–H groups in total. The maximum atomic E-state index is 4.74. The lowest BCUT2D eigenvalue weighted by Crippen LogP contribution is -1.95. The molecule has 0 saturated carbocycles. The van der Waals surface area contributed by atoms with Crippen LogP contribution in [-0.2, 0) is 4.84 Å². The van der Waals surface area contributed by atoms with Crippen LogP contribution in [0.25, 0.3) is 0 Å². The predicted molar refractivity (Wildman–Crippen MR) is 57.0 cm³/mol. The molecule has 0 atom stereocenters. The van der Waals surface area contributed by atoms with Gasteiger partial charge < -0.3 is 10.2 Å². The molecule has 0 amide bonds. The van der Waals surface area contributed by atoms with Gasteiger partial charge in [-0.05, 0) is 25.9 Å². The molecule has 0 heterocycles. The number of aliphatic imine (C=N–C) groups is 1. The van der Waals surface area contributed by atoms with Crippen molar-refractivity contribution < 1.29 is 4.84 Å². The van der Waals surface area contributed by atoms with E-state index in [1.54, 1.807) is 0 Å². The highest BCUT2D eigenvalue weighted by Gasteiger charge is 1.81. The minimum atomic E-state index is 0.403. The van der Waals surface area contributed by atoms with Crippen molar-refractivity contribution >= 4 is 6.72 Å². The van der Waals surface area contributed by atoms with Gasteiger partial charge in [-0.15, -0.1) is 0 Å². The van der Waals surface area contributed by atoms with Gasteiger partial charge in [0, 0.05) is 7.05 Å². The van der Waals surface area contributed by atoms with Gasteiger partial charge in [-0.2, -0.15) is 5.90 Å². The Balaban J connectivity index is 0. The van der Waals surface area contributed by atoms with Crippen molar-refractivity contribution in [1.82, 2.24) is 5.32 Å². The minimum Gasteiger partial charge on any atom is -0.410 e. The van der Waals surface area contributed by atoms with Crippen LogP contribution in [0, 0.1) is 0 Å². The van der Waals surface area contributed by atoms with Gasteiger partial charge in [0.05, 0.1) is 6.20 Å². The van der Waals surface area contributed by atoms with E-state index >= 15 is 0 Å². The Morgan fingerprint density at radius 3 is 2.31 bits per heavy atom. The Labute approximate surface area is 79.4 Å². The van der Waals surface area contributed by atoms with E-state index in [2.05, 4.69) is 28.4 Å². The fourth-order valence-electron chi connectivity index (χ4n) is 0.388. The van der Waals surface area contributed by atoms with Gasteiger partial charge in [-0.25, -0.2) is 0 Å². The third kappa shape index (κ3) is 13.4. The van der Waals surface area contributed by atoms with Crippen molar-refractivity contribution in [2.24, 2.45) is 10.9 Å². The van der Waals surface area contributed by atoms with Gasteiger partial charge >= 0.3 is 0 Å². The molecular weight excluding hydrogens is 166 g/mol. The zero-order valence-electron chi connectivity index (χ0n) is 8.16. The van der Waals surface area contributed by atoms with Gasteiger partial charge in [0.15, 0.2) is 5.76 Å². The largest absolute Gasteiger partial charge is 0.410 e. The Bertz CT molecular complexity index is 185. The molecule has 0 aliphatic heterocycles. The summed E-state index contributed by atoms with van der Waals surface area (Å²) >= 11 is 0. The fourth-order valence-corrected chi connectivity index (χ4v) is 0.388. The molecule has 0 radical (unpaired) electrons. The second-order valence-electron chi connectivity index (χ2n) is 1.82. The maximum absolute atomic E-state index is 4.74. The van der Waals surface area contributed by atoms with Crippen LogP contribution in [0.2, 0.25) is 0 Å². The Morgan fingerprint density at radius 2 is 2.23 bits per heavy atom. The number of hydrogen-bond acceptors (Lipinski definition) is 4. The highest BCUT2D eigenvalue weighted by molar-refractivity contribution is 5.27. The number of nitrogens with two attached hydrogens (primary N) is 1. The number of allylic oxidation sites excluding steroid dienone is 2. The summed E-state index contributed by atoms with van der Waals surface area (Å²) in [6.45, 7) is 8.54. The normalized spacial score (nSPS) is 9.92. The predicted octanol–water partition coefficient (Wildman–Crippen LogP) is 1.34. The molecule has 4 heteroatoms. The third-order valence-corrected chi connectivity index (χ3v) is 0.889. The molecule has 0 spiro atoms. The average molecular weight is 183 g/mol. The summed E-state index contributed by atoms with van der Waals surface area (Å²) in [5.74, 6) is 5.14. The van der Waals surface area contributed by atoms with E-state index in [1.807, 2.05) is 26.2 Å². The summed E-state index contributed by atoms with van der Waals surface area (Å²) in [5.41, 5.74) is 0. The van der Waals surface area contributed by atoms with E-state index in [-0.39, 0.29) is 0 Å². The molecule has 0 saturated heterocycles. The third-order valence-electron chi connectivity index (χ3n) is 0.889. The highest BCUT2D eigenvalue weighted by atomic mass is 16.6. The molecular formula is C9H17N3O. The number of rotatable bonds is 4. The minimum absolute atomic E-state index is 0.403. The van der Waals surface area contributed by atoms with E-state index in [9.17, 15) is 0 Å². The van der Waals surface area contributed by atoms with Crippen molar-refractivity contribution in [1.29, 1.82) is 0 Å². The molecule has 0 unspecified atom stereocenters. The van der Waals surface area contributed by atoms with Gasteiger partial charge in [0.1, 0.15) is 0 Å². The average Bonchev–Trinajstić information content (AvgIpc) is 2.16. The van der Waals surface area contributed by atoms with Gasteiger partial charge in [-0.3, -0.25) is 4.99 Å². The lowest BCUT2D eigenvalue weighted by Gasteiger charge is -1.92. The summed E-state index contributed by atoms with van der Waals surface area (Å²) in [5, 5.41) is 2.84. The first-order chi connectivity index (χ1) is 6.26. The zero-order chi connectivity index (χ0) is 10.5. The van der Waals surface area contributed by atoms with Crippen LogP contribution in [0.5, 0.6) is 0 Å². The Hall–Kier alpha value is -1.55. The second-order valence-corrected chi connectivity index (χ2v) is 1.82. The van der Waals surface area contributed by atoms with E-state index < -0.39 is 0 Å². The van der Waals surface area contributed by atoms with Crippen molar-refractivity contribution in [2.45, 2.75) is 6.92 Å². The van der Waals surface area contributed by atoms with Crippen LogP contribution in [0.4, 0.5) is 0 Å². The molecule has 13 heavy (non-hydrogen) atoms. The molecule has 0 aromatic carbocycles. The monoisotopic (exact) mass is 183 g/mol. The molecule has 0 rings (SSSR count). The summed E-state index contributed by atoms with van der Waals surface area (Å²) in [6, 6.07) is 0. The van der Waals surface area contributed by atoms with Crippen molar-refractivity contribution in [2.75, 3.05) is 7.05 Å². The van der Waals surface area contributed by atoms with E-state index in [4.69, 9.17) is 5.90 Å². The first-order valence-corrected chi connectivity index (χ1v) is 3.70. The molecule has 74 valence electrons. The second kappa shape index (κ2) is 13.1. The summed E-state index contributed by atoms with van der Waals surface area (Å²) < 4.78 is 0. The van der Waals surface area contributed by atoms with Gasteiger partial charge in [0.25, 0.3) is 0 Å². The van der Waals surface area contributed by atoms with E-state index in [0.717, 1.165) is 0 Å². The smallest absolute Gasteiger partial charge is 0.164 e. The van der Waals surface area contributed by atoms with Crippen molar-refractivity contribution in [3.05, 3.63) is 36.9 Å². The van der Waals surface area contributed by atoms with Crippen LogP contribution in [0.1, 0.15) is 6.92 Å². The fraction of sp³-hybridized carbons (Fsp3) is 0.222. The van der Waals surface area contributed by atoms with E-state index in [1.165, 1.54) is 12.3 Å². The van der Waals surface area contributed by atoms with Crippen LogP contribution in [0.15, 0.2) is 41.9 Å². The summed E-state index contributed by atoms with van der Waals surface area (Å²) in [6.07, 6.45) is 6.63. The molecule has 0 fully saturated rings. The lowest BCUT2D eigenvalue weighted by atomic mass is 10.5. The molecule has 0 bridgehead atoms. The Morgan fingerprint density at radius 1 is 1.62 bits per heavy atom. The number of nitrogens with one attached hydrogen (secondary N) is 1. The molecule has 0 aromatic heterocycles. The summed E-state index contributed by atoms with van der Waals surface area (Å²) in [7, 11) is 1.88. The van der Waals surface area contributed by atoms with Crippen LogP contribution >= 0.6 is 0 Å². The molecule has 4 nitrogen and oxygen atoms in total. The first kappa shape index (κ1) is 14.0. The quantitative estimate of drug-likeness (QED) is 0.299. The topological polar surface area (TPSA) is 59.6 Å². The standard InChI is InChI=1S/C5H8N2O.C4H9N/c1-3-5(8-6)4-7-2;1-3-4-5-2/h3-4H,1-2,6H2;3-5H,1-2H3/b5-4+;4-3-. The van der Waals surface area contributed by atoms with Gasteiger partial charge in [0.2, 0.25) is 0 Å². The maximum Gasteiger partial charge on any atom is 0.164 e. The Kier molecular flexibility index (Phi) is 14.1. The molecule has 0 aliphatic rings. The van der Waals surface area contributed by atoms with Crippen LogP contribution < -0.4 is 11.2 Å². The van der Waals surface area contributed by atoms with Crippen molar-refractivity contribution in [3.63, 3.8) is 0 Å². The highest BCUT2D eigenvalue weighted by Crippen LogP contribution is 1.91. The van der Waals surface area contributed by atoms with Gasteiger partial charge in [-0.1, -0.05) is 12.7 Å². The summed E-state index contributed by atoms with van der Waals surface area (Å²) in [4.78, 5) is 7.64. The molecule has 0 aromatic rings. The molecule has 0 aliphatic carbocycles. The zero-order valence-corrected chi connectivity index (χ0v) is 8.16.